The van der Waals surface area contributed by atoms with E-state index in [4.69, 9.17) is 0 Å². The lowest BCUT2D eigenvalue weighted by Gasteiger charge is -2.30. The van der Waals surface area contributed by atoms with Gasteiger partial charge < -0.3 is 4.90 Å². The average molecular weight is 806 g/mol. The quantitative estimate of drug-likeness (QED) is 0.151. The van der Waals surface area contributed by atoms with Gasteiger partial charge in [-0.3, -0.25) is 0 Å². The minimum Gasteiger partial charge on any atom is -0.310 e. The van der Waals surface area contributed by atoms with E-state index < -0.39 is 0 Å². The standard InChI is InChI=1S/C62H47N/c1-61(2)56-24-10-7-17-50(56)52-38-32-43(39-58(52)61)40-27-33-44(34-28-40)63(45-35-29-42(30-36-45)47-20-13-21-48-46-16-6-5-15-41(46)31-37-49(47)48)59-26-12-9-19-53(59)55-23-14-22-54-51-18-8-11-25-57(51)62(3,4)60(54)55/h5-39H,1-4H3. The van der Waals surface area contributed by atoms with Crippen molar-refractivity contribution in [2.45, 2.75) is 38.5 Å². The molecule has 0 radical (unpaired) electrons. The fourth-order valence-corrected chi connectivity index (χ4v) is 11.2. The molecule has 10 aromatic carbocycles. The zero-order valence-electron chi connectivity index (χ0n) is 36.2. The molecule has 63 heavy (non-hydrogen) atoms. The first-order valence-electron chi connectivity index (χ1n) is 22.3. The Morgan fingerprint density at radius 3 is 1.56 bits per heavy atom. The van der Waals surface area contributed by atoms with Crippen molar-refractivity contribution >= 4 is 38.6 Å². The van der Waals surface area contributed by atoms with Gasteiger partial charge >= 0.3 is 0 Å². The Balaban J connectivity index is 0.994. The molecule has 0 N–H and O–H groups in total. The molecule has 0 aromatic heterocycles. The van der Waals surface area contributed by atoms with E-state index in [0.717, 1.165) is 17.1 Å². The number of para-hydroxylation sites is 1. The number of benzene rings is 10. The predicted octanol–water partition coefficient (Wildman–Crippen LogP) is 17.1. The molecule has 1 heteroatoms. The molecule has 0 aliphatic heterocycles. The molecule has 0 bridgehead atoms. The van der Waals surface area contributed by atoms with Crippen molar-refractivity contribution in [1.29, 1.82) is 0 Å². The largest absolute Gasteiger partial charge is 0.310 e. The van der Waals surface area contributed by atoms with Crippen LogP contribution in [0.15, 0.2) is 212 Å². The minimum atomic E-state index is -0.153. The summed E-state index contributed by atoms with van der Waals surface area (Å²) in [6.07, 6.45) is 0. The van der Waals surface area contributed by atoms with Gasteiger partial charge in [0, 0.05) is 27.8 Å². The molecule has 10 aromatic rings. The molecule has 0 saturated carbocycles. The molecule has 2 aliphatic rings. The predicted molar refractivity (Wildman–Crippen MR) is 268 cm³/mol. The molecule has 0 spiro atoms. The van der Waals surface area contributed by atoms with Gasteiger partial charge in [0.15, 0.2) is 0 Å². The van der Waals surface area contributed by atoms with Crippen LogP contribution in [-0.4, -0.2) is 0 Å². The third-order valence-electron chi connectivity index (χ3n) is 14.3. The van der Waals surface area contributed by atoms with Crippen LogP contribution >= 0.6 is 0 Å². The maximum Gasteiger partial charge on any atom is 0.0540 e. The highest BCUT2D eigenvalue weighted by Crippen LogP contribution is 2.54. The fourth-order valence-electron chi connectivity index (χ4n) is 11.2. The summed E-state index contributed by atoms with van der Waals surface area (Å²) in [6, 6.07) is 79.0. The first kappa shape index (κ1) is 37.3. The first-order valence-corrected chi connectivity index (χ1v) is 22.3. The Bertz CT molecular complexity index is 3440. The van der Waals surface area contributed by atoms with Crippen LogP contribution in [0.25, 0.3) is 77.2 Å². The Hall–Kier alpha value is -7.48. The molecular formula is C62H47N. The third-order valence-corrected chi connectivity index (χ3v) is 14.3. The Kier molecular flexibility index (Phi) is 8.30. The lowest BCUT2D eigenvalue weighted by molar-refractivity contribution is 0.660. The van der Waals surface area contributed by atoms with Crippen molar-refractivity contribution in [3.63, 3.8) is 0 Å². The van der Waals surface area contributed by atoms with Gasteiger partial charge in [0.05, 0.1) is 5.69 Å². The molecular weight excluding hydrogens is 759 g/mol. The van der Waals surface area contributed by atoms with Gasteiger partial charge in [-0.05, 0) is 130 Å². The van der Waals surface area contributed by atoms with Crippen LogP contribution in [-0.2, 0) is 10.8 Å². The van der Waals surface area contributed by atoms with Crippen molar-refractivity contribution in [2.24, 2.45) is 0 Å². The molecule has 0 heterocycles. The highest BCUT2D eigenvalue weighted by molar-refractivity contribution is 6.12. The summed E-state index contributed by atoms with van der Waals surface area (Å²) in [5.74, 6) is 0. The molecule has 1 nitrogen and oxygen atoms in total. The van der Waals surface area contributed by atoms with Crippen molar-refractivity contribution in [3.05, 3.63) is 235 Å². The van der Waals surface area contributed by atoms with Crippen molar-refractivity contribution < 1.29 is 0 Å². The van der Waals surface area contributed by atoms with Crippen LogP contribution in [0.3, 0.4) is 0 Å². The van der Waals surface area contributed by atoms with Crippen LogP contribution in [0.4, 0.5) is 17.1 Å². The van der Waals surface area contributed by atoms with Gasteiger partial charge in [0.1, 0.15) is 0 Å². The molecule has 300 valence electrons. The summed E-state index contributed by atoms with van der Waals surface area (Å²) in [7, 11) is 0. The summed E-state index contributed by atoms with van der Waals surface area (Å²) in [5.41, 5.74) is 21.4. The zero-order valence-corrected chi connectivity index (χ0v) is 36.2. The maximum absolute atomic E-state index is 2.45. The van der Waals surface area contributed by atoms with E-state index in [1.165, 1.54) is 99.4 Å². The molecule has 0 saturated heterocycles. The van der Waals surface area contributed by atoms with E-state index >= 15 is 0 Å². The normalized spacial score (nSPS) is 14.0. The molecule has 0 atom stereocenters. The van der Waals surface area contributed by atoms with E-state index in [2.05, 4.69) is 245 Å². The van der Waals surface area contributed by atoms with E-state index in [-0.39, 0.29) is 10.8 Å². The topological polar surface area (TPSA) is 3.24 Å². The van der Waals surface area contributed by atoms with Crippen molar-refractivity contribution in [1.82, 2.24) is 0 Å². The molecule has 12 rings (SSSR count). The fraction of sp³-hybridized carbons (Fsp3) is 0.0968. The summed E-state index contributed by atoms with van der Waals surface area (Å²) in [5, 5.41) is 5.09. The SMILES string of the molecule is CC1(C)c2ccccc2-c2ccc(-c3ccc(N(c4ccc(-c5cccc6c5ccc5ccccc56)cc4)c4ccccc4-c4cccc5c4C(C)(C)c4ccccc4-5)cc3)cc21. The van der Waals surface area contributed by atoms with E-state index in [1.54, 1.807) is 0 Å². The van der Waals surface area contributed by atoms with E-state index in [0.29, 0.717) is 0 Å². The van der Waals surface area contributed by atoms with Gasteiger partial charge in [-0.25, -0.2) is 0 Å². The summed E-state index contributed by atoms with van der Waals surface area (Å²) < 4.78 is 0. The highest BCUT2D eigenvalue weighted by Gasteiger charge is 2.38. The number of hydrogen-bond acceptors (Lipinski definition) is 1. The number of rotatable bonds is 6. The molecule has 0 fully saturated rings. The number of nitrogens with zero attached hydrogens (tertiary/aromatic N) is 1. The van der Waals surface area contributed by atoms with Gasteiger partial charge in [-0.15, -0.1) is 0 Å². The van der Waals surface area contributed by atoms with Crippen molar-refractivity contribution in [2.75, 3.05) is 4.90 Å². The average Bonchev–Trinajstić information content (AvgIpc) is 3.71. The van der Waals surface area contributed by atoms with Crippen LogP contribution < -0.4 is 4.90 Å². The molecule has 0 amide bonds. The summed E-state index contributed by atoms with van der Waals surface area (Å²) >= 11 is 0. The van der Waals surface area contributed by atoms with Crippen LogP contribution in [0.2, 0.25) is 0 Å². The Morgan fingerprint density at radius 2 is 0.810 bits per heavy atom. The van der Waals surface area contributed by atoms with E-state index in [9.17, 15) is 0 Å². The lowest BCUT2D eigenvalue weighted by Crippen LogP contribution is -2.17. The highest BCUT2D eigenvalue weighted by atomic mass is 15.1. The monoisotopic (exact) mass is 805 g/mol. The van der Waals surface area contributed by atoms with Crippen LogP contribution in [0.5, 0.6) is 0 Å². The first-order chi connectivity index (χ1) is 30.8. The van der Waals surface area contributed by atoms with Gasteiger partial charge in [-0.2, -0.15) is 0 Å². The van der Waals surface area contributed by atoms with Gasteiger partial charge in [-0.1, -0.05) is 204 Å². The molecule has 2 aliphatic carbocycles. The van der Waals surface area contributed by atoms with Gasteiger partial charge in [0.2, 0.25) is 0 Å². The maximum atomic E-state index is 2.45. The van der Waals surface area contributed by atoms with Crippen molar-refractivity contribution in [3.8, 4) is 55.6 Å². The Labute approximate surface area is 370 Å². The summed E-state index contributed by atoms with van der Waals surface area (Å²) in [4.78, 5) is 2.45. The lowest BCUT2D eigenvalue weighted by atomic mass is 9.78. The van der Waals surface area contributed by atoms with Crippen LogP contribution in [0.1, 0.15) is 49.9 Å². The number of hydrogen-bond donors (Lipinski definition) is 0. The minimum absolute atomic E-state index is 0.0536. The van der Waals surface area contributed by atoms with Crippen LogP contribution in [0, 0.1) is 0 Å². The second-order valence-electron chi connectivity index (χ2n) is 18.5. The summed E-state index contributed by atoms with van der Waals surface area (Å²) in [6.45, 7) is 9.48. The Morgan fingerprint density at radius 1 is 0.302 bits per heavy atom. The molecule has 0 unspecified atom stereocenters. The number of anilines is 3. The van der Waals surface area contributed by atoms with E-state index in [1.807, 2.05) is 0 Å². The second kappa shape index (κ2) is 14.0. The smallest absolute Gasteiger partial charge is 0.0540 e. The second-order valence-corrected chi connectivity index (χ2v) is 18.5. The van der Waals surface area contributed by atoms with Gasteiger partial charge in [0.25, 0.3) is 0 Å². The zero-order chi connectivity index (χ0) is 42.5. The number of fused-ring (bicyclic) bond motifs is 9. The third kappa shape index (κ3) is 5.69.